The number of alkyl halides is 3. The van der Waals surface area contributed by atoms with Crippen LogP contribution >= 0.6 is 0 Å². The minimum absolute atomic E-state index is 0.140. The van der Waals surface area contributed by atoms with Gasteiger partial charge in [0.15, 0.2) is 0 Å². The molecule has 2 N–H and O–H groups in total. The zero-order chi connectivity index (χ0) is 14.0. The van der Waals surface area contributed by atoms with Gasteiger partial charge in [0.25, 0.3) is 0 Å². The standard InChI is InChI=1S/C12H25F3N2O/c1-3-11(4-2)17(8-6-16)7-5-9-18-10-12(13,14)15/h11H,3-10,16H2,1-2H3. The van der Waals surface area contributed by atoms with E-state index in [1.807, 2.05) is 0 Å². The van der Waals surface area contributed by atoms with Gasteiger partial charge in [-0.2, -0.15) is 13.2 Å². The summed E-state index contributed by atoms with van der Waals surface area (Å²) in [5.74, 6) is 0. The summed E-state index contributed by atoms with van der Waals surface area (Å²) in [5.41, 5.74) is 5.54. The largest absolute Gasteiger partial charge is 0.411 e. The molecule has 0 aromatic rings. The van der Waals surface area contributed by atoms with Crippen LogP contribution in [0.4, 0.5) is 13.2 Å². The van der Waals surface area contributed by atoms with Gasteiger partial charge in [-0.05, 0) is 19.3 Å². The van der Waals surface area contributed by atoms with Crippen molar-refractivity contribution in [2.45, 2.75) is 45.3 Å². The van der Waals surface area contributed by atoms with Crippen molar-refractivity contribution >= 4 is 0 Å². The van der Waals surface area contributed by atoms with Crippen LogP contribution in [0.2, 0.25) is 0 Å². The number of hydrogen-bond donors (Lipinski definition) is 1. The number of halogens is 3. The Labute approximate surface area is 107 Å². The highest BCUT2D eigenvalue weighted by molar-refractivity contribution is 4.69. The van der Waals surface area contributed by atoms with Crippen LogP contribution in [0, 0.1) is 0 Å². The zero-order valence-corrected chi connectivity index (χ0v) is 11.3. The Morgan fingerprint density at radius 3 is 2.22 bits per heavy atom. The van der Waals surface area contributed by atoms with E-state index in [0.29, 0.717) is 19.0 Å². The van der Waals surface area contributed by atoms with Crippen molar-refractivity contribution in [2.75, 3.05) is 32.8 Å². The molecule has 0 unspecified atom stereocenters. The summed E-state index contributed by atoms with van der Waals surface area (Å²) in [6, 6.07) is 0.455. The maximum Gasteiger partial charge on any atom is 0.411 e. The molecule has 0 aliphatic rings. The molecular formula is C12H25F3N2O. The quantitative estimate of drug-likeness (QED) is 0.620. The molecule has 0 atom stereocenters. The molecule has 0 aliphatic carbocycles. The van der Waals surface area contributed by atoms with Crippen LogP contribution in [0.5, 0.6) is 0 Å². The Hall–Kier alpha value is -0.330. The lowest BCUT2D eigenvalue weighted by molar-refractivity contribution is -0.174. The molecule has 0 rings (SSSR count). The van der Waals surface area contributed by atoms with E-state index in [0.717, 1.165) is 25.9 Å². The molecule has 0 radical (unpaired) electrons. The van der Waals surface area contributed by atoms with Gasteiger partial charge in [-0.1, -0.05) is 13.8 Å². The summed E-state index contributed by atoms with van der Waals surface area (Å²) in [6.07, 6.45) is -1.57. The van der Waals surface area contributed by atoms with Gasteiger partial charge in [0.05, 0.1) is 0 Å². The fourth-order valence-corrected chi connectivity index (χ4v) is 2.01. The van der Waals surface area contributed by atoms with Gasteiger partial charge >= 0.3 is 6.18 Å². The van der Waals surface area contributed by atoms with Gasteiger partial charge in [0.2, 0.25) is 0 Å². The first-order chi connectivity index (χ1) is 8.44. The molecule has 0 aliphatic heterocycles. The zero-order valence-electron chi connectivity index (χ0n) is 11.3. The molecule has 0 amide bonds. The lowest BCUT2D eigenvalue weighted by Gasteiger charge is -2.30. The Kier molecular flexibility index (Phi) is 9.40. The average molecular weight is 270 g/mol. The van der Waals surface area contributed by atoms with Gasteiger partial charge in [-0.3, -0.25) is 4.90 Å². The van der Waals surface area contributed by atoms with Crippen LogP contribution in [0.1, 0.15) is 33.1 Å². The third-order valence-corrected chi connectivity index (χ3v) is 2.87. The number of rotatable bonds is 10. The molecule has 0 aromatic carbocycles. The van der Waals surface area contributed by atoms with E-state index in [2.05, 4.69) is 23.5 Å². The van der Waals surface area contributed by atoms with E-state index in [9.17, 15) is 13.2 Å². The number of nitrogens with zero attached hydrogens (tertiary/aromatic N) is 1. The monoisotopic (exact) mass is 270 g/mol. The topological polar surface area (TPSA) is 38.5 Å². The van der Waals surface area contributed by atoms with Crippen molar-refractivity contribution in [3.05, 3.63) is 0 Å². The van der Waals surface area contributed by atoms with Crippen molar-refractivity contribution < 1.29 is 17.9 Å². The number of nitrogens with two attached hydrogens (primary N) is 1. The average Bonchev–Trinajstić information content (AvgIpc) is 2.28. The first kappa shape index (κ1) is 17.7. The predicted molar refractivity (Wildman–Crippen MR) is 66.5 cm³/mol. The molecule has 0 saturated heterocycles. The molecule has 18 heavy (non-hydrogen) atoms. The smallest absolute Gasteiger partial charge is 0.372 e. The molecule has 0 spiro atoms. The summed E-state index contributed by atoms with van der Waals surface area (Å²) >= 11 is 0. The van der Waals surface area contributed by atoms with Gasteiger partial charge < -0.3 is 10.5 Å². The van der Waals surface area contributed by atoms with Gasteiger partial charge in [0.1, 0.15) is 6.61 Å². The summed E-state index contributed by atoms with van der Waals surface area (Å²) < 4.78 is 40.1. The molecule has 0 aromatic heterocycles. The fraction of sp³-hybridized carbons (Fsp3) is 1.00. The van der Waals surface area contributed by atoms with E-state index in [1.165, 1.54) is 0 Å². The van der Waals surface area contributed by atoms with Crippen LogP contribution in [0.3, 0.4) is 0 Å². The third kappa shape index (κ3) is 8.72. The summed E-state index contributed by atoms with van der Waals surface area (Å²) in [7, 11) is 0. The van der Waals surface area contributed by atoms with Crippen LogP contribution in [0.15, 0.2) is 0 Å². The van der Waals surface area contributed by atoms with Crippen molar-refractivity contribution in [2.24, 2.45) is 5.73 Å². The highest BCUT2D eigenvalue weighted by atomic mass is 19.4. The molecule has 3 nitrogen and oxygen atoms in total. The number of hydrogen-bond acceptors (Lipinski definition) is 3. The highest BCUT2D eigenvalue weighted by Crippen LogP contribution is 2.14. The second-order valence-electron chi connectivity index (χ2n) is 4.32. The summed E-state index contributed by atoms with van der Waals surface area (Å²) in [4.78, 5) is 2.23. The predicted octanol–water partition coefficient (Wildman–Crippen LogP) is 2.40. The van der Waals surface area contributed by atoms with Crippen LogP contribution < -0.4 is 5.73 Å². The minimum Gasteiger partial charge on any atom is -0.372 e. The summed E-state index contributed by atoms with van der Waals surface area (Å²) in [5, 5.41) is 0. The second kappa shape index (κ2) is 9.58. The van der Waals surface area contributed by atoms with Crippen molar-refractivity contribution in [1.82, 2.24) is 4.90 Å². The maximum atomic E-state index is 11.8. The van der Waals surface area contributed by atoms with Gasteiger partial charge in [-0.15, -0.1) is 0 Å². The minimum atomic E-state index is -4.23. The van der Waals surface area contributed by atoms with Crippen LogP contribution in [0.25, 0.3) is 0 Å². The molecule has 6 heteroatoms. The van der Waals surface area contributed by atoms with E-state index in [4.69, 9.17) is 5.73 Å². The number of ether oxygens (including phenoxy) is 1. The van der Waals surface area contributed by atoms with Crippen molar-refractivity contribution in [1.29, 1.82) is 0 Å². The molecule has 110 valence electrons. The van der Waals surface area contributed by atoms with Gasteiger partial charge in [0, 0.05) is 32.3 Å². The Morgan fingerprint density at radius 2 is 1.78 bits per heavy atom. The van der Waals surface area contributed by atoms with E-state index >= 15 is 0 Å². The first-order valence-corrected chi connectivity index (χ1v) is 6.53. The van der Waals surface area contributed by atoms with Gasteiger partial charge in [-0.25, -0.2) is 0 Å². The lowest BCUT2D eigenvalue weighted by Crippen LogP contribution is -2.39. The molecule has 0 fully saturated rings. The Bertz CT molecular complexity index is 196. The molecule has 0 bridgehead atoms. The lowest BCUT2D eigenvalue weighted by atomic mass is 10.1. The Morgan fingerprint density at radius 1 is 1.17 bits per heavy atom. The fourth-order valence-electron chi connectivity index (χ4n) is 2.01. The summed E-state index contributed by atoms with van der Waals surface area (Å²) in [6.45, 7) is 5.29. The van der Waals surface area contributed by atoms with Crippen molar-refractivity contribution in [3.63, 3.8) is 0 Å². The third-order valence-electron chi connectivity index (χ3n) is 2.87. The molecule has 0 saturated carbocycles. The van der Waals surface area contributed by atoms with Crippen LogP contribution in [-0.4, -0.2) is 50.0 Å². The maximum absolute atomic E-state index is 11.8. The van der Waals surface area contributed by atoms with E-state index in [-0.39, 0.29) is 6.61 Å². The van der Waals surface area contributed by atoms with E-state index < -0.39 is 12.8 Å². The molecule has 0 heterocycles. The Balaban J connectivity index is 3.83. The van der Waals surface area contributed by atoms with Crippen LogP contribution in [-0.2, 0) is 4.74 Å². The van der Waals surface area contributed by atoms with E-state index in [1.54, 1.807) is 0 Å². The second-order valence-corrected chi connectivity index (χ2v) is 4.32. The SMILES string of the molecule is CCC(CC)N(CCN)CCCOCC(F)(F)F. The first-order valence-electron chi connectivity index (χ1n) is 6.53. The highest BCUT2D eigenvalue weighted by Gasteiger charge is 2.27. The van der Waals surface area contributed by atoms with Crippen molar-refractivity contribution in [3.8, 4) is 0 Å². The molecular weight excluding hydrogens is 245 g/mol. The normalized spacial score (nSPS) is 12.7.